The molecule has 120 valence electrons. The van der Waals surface area contributed by atoms with Crippen LogP contribution in [-0.4, -0.2) is 32.2 Å². The first-order chi connectivity index (χ1) is 10.5. The lowest BCUT2D eigenvalue weighted by Crippen LogP contribution is -2.51. The Labute approximate surface area is 126 Å². The topological polar surface area (TPSA) is 50.4 Å². The van der Waals surface area contributed by atoms with Crippen LogP contribution in [0.5, 0.6) is 0 Å². The predicted octanol–water partition coefficient (Wildman–Crippen LogP) is 1.35. The fourth-order valence-electron chi connectivity index (χ4n) is 3.25. The van der Waals surface area contributed by atoms with Gasteiger partial charge in [-0.05, 0) is 18.9 Å². The van der Waals surface area contributed by atoms with E-state index in [0.717, 1.165) is 13.0 Å². The average molecular weight is 314 g/mol. The minimum Gasteiger partial charge on any atom is -0.380 e. The highest BCUT2D eigenvalue weighted by molar-refractivity contribution is 5.84. The van der Waals surface area contributed by atoms with Gasteiger partial charge in [0.25, 0.3) is 0 Å². The Bertz CT molecular complexity index is 573. The smallest absolute Gasteiger partial charge is 0.230 e. The van der Waals surface area contributed by atoms with Crippen LogP contribution < -0.4 is 10.6 Å². The molecule has 2 atom stereocenters. The normalized spacial score (nSPS) is 27.5. The number of fused-ring (bicyclic) bond motifs is 1. The Kier molecular flexibility index (Phi) is 4.10. The maximum Gasteiger partial charge on any atom is 0.230 e. The summed E-state index contributed by atoms with van der Waals surface area (Å²) < 4.78 is 45.5. The van der Waals surface area contributed by atoms with Crippen molar-refractivity contribution in [3.63, 3.8) is 0 Å². The molecule has 2 fully saturated rings. The lowest BCUT2D eigenvalue weighted by atomic mass is 9.75. The minimum absolute atomic E-state index is 0.157. The highest BCUT2D eigenvalue weighted by Crippen LogP contribution is 2.37. The third-order valence-corrected chi connectivity index (χ3v) is 4.57. The molecule has 2 saturated heterocycles. The summed E-state index contributed by atoms with van der Waals surface area (Å²) in [4.78, 5) is 12.5. The van der Waals surface area contributed by atoms with Crippen LogP contribution in [0.3, 0.4) is 0 Å². The van der Waals surface area contributed by atoms with Crippen molar-refractivity contribution in [2.45, 2.75) is 13.0 Å². The second kappa shape index (κ2) is 5.89. The van der Waals surface area contributed by atoms with Gasteiger partial charge < -0.3 is 15.4 Å². The molecular formula is C15H17F3N2O2. The molecule has 2 aliphatic rings. The molecule has 0 unspecified atom stereocenters. The fourth-order valence-corrected chi connectivity index (χ4v) is 3.25. The van der Waals surface area contributed by atoms with Crippen molar-refractivity contribution in [1.29, 1.82) is 0 Å². The number of hydrogen-bond donors (Lipinski definition) is 2. The summed E-state index contributed by atoms with van der Waals surface area (Å²) in [5.74, 6) is -3.12. The van der Waals surface area contributed by atoms with Gasteiger partial charge in [-0.2, -0.15) is 0 Å². The number of benzene rings is 1. The van der Waals surface area contributed by atoms with E-state index in [4.69, 9.17) is 4.74 Å². The molecule has 0 bridgehead atoms. The second-order valence-corrected chi connectivity index (χ2v) is 5.86. The summed E-state index contributed by atoms with van der Waals surface area (Å²) >= 11 is 0. The van der Waals surface area contributed by atoms with E-state index < -0.39 is 22.9 Å². The monoisotopic (exact) mass is 314 g/mol. The first kappa shape index (κ1) is 15.3. The fraction of sp³-hybridized carbons (Fsp3) is 0.533. The van der Waals surface area contributed by atoms with Gasteiger partial charge in [0.15, 0.2) is 0 Å². The van der Waals surface area contributed by atoms with Crippen molar-refractivity contribution in [1.82, 2.24) is 10.6 Å². The van der Waals surface area contributed by atoms with Crippen LogP contribution in [0.15, 0.2) is 12.1 Å². The van der Waals surface area contributed by atoms with E-state index in [-0.39, 0.29) is 23.9 Å². The van der Waals surface area contributed by atoms with Crippen molar-refractivity contribution in [2.75, 3.05) is 26.3 Å². The molecule has 22 heavy (non-hydrogen) atoms. The molecule has 7 heteroatoms. The predicted molar refractivity (Wildman–Crippen MR) is 72.4 cm³/mol. The van der Waals surface area contributed by atoms with Gasteiger partial charge in [-0.1, -0.05) is 0 Å². The third-order valence-electron chi connectivity index (χ3n) is 4.57. The number of halogens is 3. The molecule has 2 aliphatic heterocycles. The molecule has 1 aromatic rings. The Balaban J connectivity index is 1.73. The standard InChI is InChI=1S/C15H17F3N2O2/c16-10-3-12(17)11(13(18)4-10)6-20-14(21)15-7-19-5-9(15)1-2-22-8-15/h3-4,9,19H,1-2,5-8H2,(H,20,21)/t9-,15+/m1/s1. The molecule has 1 amide bonds. The lowest BCUT2D eigenvalue weighted by Gasteiger charge is -2.36. The molecule has 0 saturated carbocycles. The van der Waals surface area contributed by atoms with Gasteiger partial charge in [0.2, 0.25) is 5.91 Å². The highest BCUT2D eigenvalue weighted by Gasteiger charge is 2.50. The highest BCUT2D eigenvalue weighted by atomic mass is 19.1. The van der Waals surface area contributed by atoms with E-state index in [1.165, 1.54) is 0 Å². The molecule has 1 aromatic carbocycles. The van der Waals surface area contributed by atoms with Gasteiger partial charge in [0.1, 0.15) is 17.5 Å². The second-order valence-electron chi connectivity index (χ2n) is 5.86. The van der Waals surface area contributed by atoms with Crippen LogP contribution in [0.25, 0.3) is 0 Å². The number of rotatable bonds is 3. The maximum absolute atomic E-state index is 13.6. The van der Waals surface area contributed by atoms with Crippen molar-refractivity contribution < 1.29 is 22.7 Å². The summed E-state index contributed by atoms with van der Waals surface area (Å²) in [6, 6.07) is 1.21. The average Bonchev–Trinajstić information content (AvgIpc) is 2.91. The first-order valence-electron chi connectivity index (χ1n) is 7.23. The summed E-state index contributed by atoms with van der Waals surface area (Å²) in [6.45, 7) is 1.81. The Hall–Kier alpha value is -1.60. The van der Waals surface area contributed by atoms with Gasteiger partial charge in [-0.3, -0.25) is 4.79 Å². The molecule has 4 nitrogen and oxygen atoms in total. The largest absolute Gasteiger partial charge is 0.380 e. The minimum atomic E-state index is -1.00. The zero-order valence-corrected chi connectivity index (χ0v) is 11.9. The van der Waals surface area contributed by atoms with Crippen LogP contribution in [0.2, 0.25) is 0 Å². The molecule has 0 aliphatic carbocycles. The van der Waals surface area contributed by atoms with Gasteiger partial charge >= 0.3 is 0 Å². The SMILES string of the molecule is O=C(NCc1c(F)cc(F)cc1F)[C@]12CNC[C@H]1CCOC2. The first-order valence-corrected chi connectivity index (χ1v) is 7.23. The van der Waals surface area contributed by atoms with Gasteiger partial charge in [0, 0.05) is 37.4 Å². The zero-order valence-electron chi connectivity index (χ0n) is 11.9. The number of carbonyl (C=O) groups excluding carboxylic acids is 1. The van der Waals surface area contributed by atoms with Crippen LogP contribution in [0.4, 0.5) is 13.2 Å². The van der Waals surface area contributed by atoms with Gasteiger partial charge in [-0.25, -0.2) is 13.2 Å². The van der Waals surface area contributed by atoms with Crippen molar-refractivity contribution in [3.05, 3.63) is 35.1 Å². The Morgan fingerprint density at radius 3 is 2.82 bits per heavy atom. The summed E-state index contributed by atoms with van der Waals surface area (Å²) in [7, 11) is 0. The maximum atomic E-state index is 13.6. The van der Waals surface area contributed by atoms with E-state index in [9.17, 15) is 18.0 Å². The van der Waals surface area contributed by atoms with E-state index in [1.807, 2.05) is 0 Å². The van der Waals surface area contributed by atoms with E-state index in [2.05, 4.69) is 10.6 Å². The van der Waals surface area contributed by atoms with Gasteiger partial charge in [0.05, 0.1) is 12.0 Å². The van der Waals surface area contributed by atoms with Crippen LogP contribution in [-0.2, 0) is 16.1 Å². The third kappa shape index (κ3) is 2.59. The quantitative estimate of drug-likeness (QED) is 0.885. The van der Waals surface area contributed by atoms with Crippen LogP contribution in [0.1, 0.15) is 12.0 Å². The molecular weight excluding hydrogens is 297 g/mol. The summed E-state index contributed by atoms with van der Waals surface area (Å²) in [5.41, 5.74) is -1.03. The van der Waals surface area contributed by atoms with Crippen molar-refractivity contribution in [2.24, 2.45) is 11.3 Å². The van der Waals surface area contributed by atoms with Crippen LogP contribution in [0, 0.1) is 28.8 Å². The van der Waals surface area contributed by atoms with E-state index in [0.29, 0.717) is 31.9 Å². The molecule has 0 aromatic heterocycles. The van der Waals surface area contributed by atoms with E-state index in [1.54, 1.807) is 0 Å². The Morgan fingerprint density at radius 1 is 1.36 bits per heavy atom. The molecule has 2 N–H and O–H groups in total. The number of nitrogens with one attached hydrogen (secondary N) is 2. The van der Waals surface area contributed by atoms with Crippen molar-refractivity contribution in [3.8, 4) is 0 Å². The zero-order chi connectivity index (χ0) is 15.7. The lowest BCUT2D eigenvalue weighted by molar-refractivity contribution is -0.141. The molecule has 0 radical (unpaired) electrons. The van der Waals surface area contributed by atoms with Crippen LogP contribution >= 0.6 is 0 Å². The van der Waals surface area contributed by atoms with Crippen molar-refractivity contribution >= 4 is 5.91 Å². The summed E-state index contributed by atoms with van der Waals surface area (Å²) in [5, 5.41) is 5.75. The number of carbonyl (C=O) groups is 1. The molecule has 0 spiro atoms. The molecule has 2 heterocycles. The van der Waals surface area contributed by atoms with E-state index >= 15 is 0 Å². The number of ether oxygens (including phenoxy) is 1. The summed E-state index contributed by atoms with van der Waals surface area (Å²) in [6.07, 6.45) is 0.777. The number of hydrogen-bond acceptors (Lipinski definition) is 3. The molecule has 3 rings (SSSR count). The van der Waals surface area contributed by atoms with Gasteiger partial charge in [-0.15, -0.1) is 0 Å². The Morgan fingerprint density at radius 2 is 2.09 bits per heavy atom. The number of amides is 1.